The third kappa shape index (κ3) is 2.23. The number of hydrogen-bond donors (Lipinski definition) is 2. The minimum atomic E-state index is -0.247. The van der Waals surface area contributed by atoms with E-state index >= 15 is 0 Å². The van der Waals surface area contributed by atoms with Crippen molar-refractivity contribution in [3.05, 3.63) is 47.4 Å². The van der Waals surface area contributed by atoms with Crippen LogP contribution in [0, 0.1) is 11.8 Å². The van der Waals surface area contributed by atoms with Crippen molar-refractivity contribution in [2.75, 3.05) is 20.2 Å². The van der Waals surface area contributed by atoms with Crippen molar-refractivity contribution in [2.24, 2.45) is 11.8 Å². The first kappa shape index (κ1) is 15.9. The third-order valence-electron chi connectivity index (χ3n) is 6.72. The number of benzene rings is 1. The summed E-state index contributed by atoms with van der Waals surface area (Å²) in [6.07, 6.45) is 3.87. The largest absolute Gasteiger partial charge is 0.497 e. The molecule has 3 aliphatic rings. The molecule has 26 heavy (non-hydrogen) atoms. The van der Waals surface area contributed by atoms with E-state index in [-0.39, 0.29) is 18.0 Å². The molecule has 0 saturated carbocycles. The van der Waals surface area contributed by atoms with E-state index < -0.39 is 0 Å². The van der Waals surface area contributed by atoms with Gasteiger partial charge in [0.25, 0.3) is 0 Å². The highest BCUT2D eigenvalue weighted by molar-refractivity contribution is 5.89. The maximum Gasteiger partial charge on any atom is 0.337 e. The molecule has 0 aliphatic carbocycles. The number of aromatic nitrogens is 1. The lowest BCUT2D eigenvalue weighted by Crippen LogP contribution is -3.15. The zero-order valence-electron chi connectivity index (χ0n) is 15.2. The normalized spacial score (nSPS) is 32.7. The molecule has 5 nitrogen and oxygen atoms in total. The van der Waals surface area contributed by atoms with E-state index in [1.54, 1.807) is 11.2 Å². The van der Waals surface area contributed by atoms with E-state index in [9.17, 15) is 4.79 Å². The number of nitrogens with one attached hydrogen (secondary N) is 2. The molecule has 5 atom stereocenters. The van der Waals surface area contributed by atoms with Gasteiger partial charge < -0.3 is 19.4 Å². The van der Waals surface area contributed by atoms with Gasteiger partial charge in [0.1, 0.15) is 12.1 Å². The number of rotatable bonds is 1. The number of quaternary nitrogens is 1. The van der Waals surface area contributed by atoms with E-state index in [2.05, 4.69) is 36.2 Å². The molecule has 3 aliphatic heterocycles. The summed E-state index contributed by atoms with van der Waals surface area (Å²) in [5.41, 5.74) is 4.77. The molecule has 136 valence electrons. The van der Waals surface area contributed by atoms with Crippen molar-refractivity contribution < 1.29 is 19.2 Å². The number of aromatic amines is 1. The fourth-order valence-electron chi connectivity index (χ4n) is 5.39. The Hall–Kier alpha value is -2.27. The lowest BCUT2D eigenvalue weighted by atomic mass is 9.72. The van der Waals surface area contributed by atoms with Crippen LogP contribution in [0.1, 0.15) is 30.6 Å². The Bertz CT molecular complexity index is 900. The van der Waals surface area contributed by atoms with Gasteiger partial charge in [-0.05, 0) is 18.6 Å². The lowest BCUT2D eigenvalue weighted by Gasteiger charge is -2.46. The number of carbonyl (C=O) groups is 1. The van der Waals surface area contributed by atoms with Crippen LogP contribution in [0.4, 0.5) is 0 Å². The summed E-state index contributed by atoms with van der Waals surface area (Å²) in [6, 6.07) is 8.99. The smallest absolute Gasteiger partial charge is 0.337 e. The van der Waals surface area contributed by atoms with Crippen molar-refractivity contribution in [3.63, 3.8) is 0 Å². The van der Waals surface area contributed by atoms with Gasteiger partial charge in [0.2, 0.25) is 0 Å². The fourth-order valence-corrected chi connectivity index (χ4v) is 5.39. The molecule has 4 heterocycles. The molecule has 1 unspecified atom stereocenters. The van der Waals surface area contributed by atoms with Crippen molar-refractivity contribution >= 4 is 16.9 Å². The first-order chi connectivity index (χ1) is 12.7. The lowest BCUT2D eigenvalue weighted by molar-refractivity contribution is -0.944. The Balaban J connectivity index is 1.55. The zero-order valence-corrected chi connectivity index (χ0v) is 15.2. The average molecular weight is 353 g/mol. The van der Waals surface area contributed by atoms with Crippen LogP contribution >= 0.6 is 0 Å². The van der Waals surface area contributed by atoms with Gasteiger partial charge in [-0.1, -0.05) is 18.2 Å². The molecule has 1 fully saturated rings. The Morgan fingerprint density at radius 1 is 1.35 bits per heavy atom. The zero-order chi connectivity index (χ0) is 17.8. The number of ether oxygens (including phenoxy) is 2. The fraction of sp³-hybridized carbons (Fsp3) is 0.476. The van der Waals surface area contributed by atoms with Crippen molar-refractivity contribution in [1.29, 1.82) is 0 Å². The maximum absolute atomic E-state index is 12.3. The van der Waals surface area contributed by atoms with Crippen LogP contribution in [0.15, 0.2) is 36.1 Å². The van der Waals surface area contributed by atoms with Crippen LogP contribution < -0.4 is 4.90 Å². The summed E-state index contributed by atoms with van der Waals surface area (Å²) in [7, 11) is 1.45. The number of piperidine rings is 1. The maximum atomic E-state index is 12.3. The first-order valence-corrected chi connectivity index (χ1v) is 9.55. The van der Waals surface area contributed by atoms with Crippen molar-refractivity contribution in [1.82, 2.24) is 4.98 Å². The van der Waals surface area contributed by atoms with E-state index in [1.807, 2.05) is 0 Å². The average Bonchev–Trinajstić information content (AvgIpc) is 3.06. The quantitative estimate of drug-likeness (QED) is 0.768. The Labute approximate surface area is 153 Å². The van der Waals surface area contributed by atoms with Gasteiger partial charge in [0.15, 0.2) is 0 Å². The number of fused-ring (bicyclic) bond motifs is 6. The molecule has 0 radical (unpaired) electrons. The highest BCUT2D eigenvalue weighted by Crippen LogP contribution is 2.41. The van der Waals surface area contributed by atoms with Gasteiger partial charge in [-0.15, -0.1) is 0 Å². The summed E-state index contributed by atoms with van der Waals surface area (Å²) in [4.78, 5) is 17.6. The predicted octanol–water partition coefficient (Wildman–Crippen LogP) is 1.76. The number of carbonyl (C=O) groups excluding carboxylic acids is 1. The van der Waals surface area contributed by atoms with Crippen molar-refractivity contribution in [3.8, 4) is 0 Å². The second-order valence-corrected chi connectivity index (χ2v) is 7.89. The van der Waals surface area contributed by atoms with E-state index in [0.717, 1.165) is 25.9 Å². The highest BCUT2D eigenvalue weighted by Gasteiger charge is 2.49. The number of H-pyrrole nitrogens is 1. The highest BCUT2D eigenvalue weighted by atomic mass is 16.5. The molecule has 0 bridgehead atoms. The number of hydrogen-bond acceptors (Lipinski definition) is 3. The van der Waals surface area contributed by atoms with Crippen LogP contribution in [-0.4, -0.2) is 37.3 Å². The molecular weight excluding hydrogens is 328 g/mol. The van der Waals surface area contributed by atoms with Gasteiger partial charge in [0, 0.05) is 29.7 Å². The molecule has 0 amide bonds. The van der Waals surface area contributed by atoms with Gasteiger partial charge in [-0.2, -0.15) is 0 Å². The van der Waals surface area contributed by atoms with Crippen LogP contribution in [0.5, 0.6) is 0 Å². The SMILES string of the molecule is COC(=O)C1=CO[C@H](C)[C@H]2C[NH+]3CCc4c([nH]c5ccccc45)[C@H]3C[C@@H]12. The predicted molar refractivity (Wildman–Crippen MR) is 97.7 cm³/mol. The van der Waals surface area contributed by atoms with Crippen LogP contribution in [0.2, 0.25) is 0 Å². The first-order valence-electron chi connectivity index (χ1n) is 9.55. The molecule has 1 aromatic carbocycles. The number of esters is 1. The molecule has 1 saturated heterocycles. The molecule has 5 rings (SSSR count). The van der Waals surface area contributed by atoms with Gasteiger partial charge in [-0.25, -0.2) is 4.79 Å². The van der Waals surface area contributed by atoms with E-state index in [4.69, 9.17) is 9.47 Å². The minimum absolute atomic E-state index is 0.144. The van der Waals surface area contributed by atoms with Crippen molar-refractivity contribution in [2.45, 2.75) is 31.9 Å². The second-order valence-electron chi connectivity index (χ2n) is 7.89. The van der Waals surface area contributed by atoms with Gasteiger partial charge in [0.05, 0.1) is 43.6 Å². The van der Waals surface area contributed by atoms with Crippen LogP contribution in [0.3, 0.4) is 0 Å². The Morgan fingerprint density at radius 2 is 2.19 bits per heavy atom. The monoisotopic (exact) mass is 353 g/mol. The van der Waals surface area contributed by atoms with Gasteiger partial charge >= 0.3 is 5.97 Å². The molecule has 0 spiro atoms. The van der Waals surface area contributed by atoms with E-state index in [0.29, 0.717) is 17.5 Å². The number of para-hydroxylation sites is 1. The second kappa shape index (κ2) is 5.88. The third-order valence-corrected chi connectivity index (χ3v) is 6.72. The van der Waals surface area contributed by atoms with Crippen LogP contribution in [0.25, 0.3) is 10.9 Å². The minimum Gasteiger partial charge on any atom is -0.497 e. The summed E-state index contributed by atoms with van der Waals surface area (Å²) in [6.45, 7) is 4.31. The topological polar surface area (TPSA) is 55.8 Å². The molecular formula is C21H25N2O3+. The molecule has 2 N–H and O–H groups in total. The van der Waals surface area contributed by atoms with Gasteiger partial charge in [-0.3, -0.25) is 0 Å². The molecule has 2 aromatic rings. The molecule has 1 aromatic heterocycles. The summed E-state index contributed by atoms with van der Waals surface area (Å²) in [5.74, 6) is 0.326. The number of methoxy groups -OCH3 is 1. The van der Waals surface area contributed by atoms with E-state index in [1.165, 1.54) is 29.3 Å². The Kier molecular flexibility index (Phi) is 3.60. The molecule has 5 heteroatoms. The standard InChI is InChI=1S/C21H24N2O3/c1-12-16-10-23-8-7-14-13-5-3-4-6-18(13)22-20(14)19(23)9-15(16)17(11-26-12)21(24)25-2/h3-6,11-12,15-16,19,22H,7-10H2,1-2H3/p+1/t12-,15-,16-,19-/m1/s1. The summed E-state index contributed by atoms with van der Waals surface area (Å²) >= 11 is 0. The summed E-state index contributed by atoms with van der Waals surface area (Å²) < 4.78 is 10.8. The van der Waals surface area contributed by atoms with Crippen LogP contribution in [-0.2, 0) is 20.7 Å². The summed E-state index contributed by atoms with van der Waals surface area (Å²) in [5, 5.41) is 1.35. The Morgan fingerprint density at radius 3 is 3.04 bits per heavy atom.